The normalized spacial score (nSPS) is 17.5. The third kappa shape index (κ3) is 5.24. The number of benzene rings is 2. The topological polar surface area (TPSA) is 77.2 Å². The summed E-state index contributed by atoms with van der Waals surface area (Å²) in [6.45, 7) is 7.67. The lowest BCUT2D eigenvalue weighted by atomic mass is 9.94. The summed E-state index contributed by atoms with van der Waals surface area (Å²) >= 11 is 6.13. The van der Waals surface area contributed by atoms with Gasteiger partial charge < -0.3 is 20.5 Å². The van der Waals surface area contributed by atoms with E-state index >= 15 is 0 Å². The molecule has 2 fully saturated rings. The van der Waals surface area contributed by atoms with Gasteiger partial charge in [-0.15, -0.1) is 0 Å². The Morgan fingerprint density at radius 1 is 1.03 bits per heavy atom. The molecule has 2 amide bonds. The number of fused-ring (bicyclic) bond motifs is 1. The average Bonchev–Trinajstić information content (AvgIpc) is 3.26. The van der Waals surface area contributed by atoms with E-state index in [1.165, 1.54) is 44.3 Å². The molecule has 3 N–H and O–H groups in total. The van der Waals surface area contributed by atoms with Gasteiger partial charge in [0.25, 0.3) is 11.8 Å². The number of aromatic nitrogens is 1. The van der Waals surface area contributed by atoms with Crippen LogP contribution >= 0.6 is 11.6 Å². The first-order valence-corrected chi connectivity index (χ1v) is 12.8. The number of aromatic amines is 1. The van der Waals surface area contributed by atoms with Crippen LogP contribution in [0.25, 0.3) is 10.9 Å². The number of amides is 2. The maximum Gasteiger partial charge on any atom is 0.251 e. The molecule has 1 aliphatic heterocycles. The molecule has 1 saturated heterocycles. The molecular weight excluding hydrogens is 460 g/mol. The largest absolute Gasteiger partial charge is 0.360 e. The van der Waals surface area contributed by atoms with Crippen LogP contribution < -0.4 is 10.6 Å². The van der Waals surface area contributed by atoms with E-state index in [2.05, 4.69) is 32.7 Å². The maximum atomic E-state index is 12.8. The lowest BCUT2D eigenvalue weighted by molar-refractivity contribution is 0.0882. The molecule has 1 aromatic heterocycles. The minimum Gasteiger partial charge on any atom is -0.360 e. The summed E-state index contributed by atoms with van der Waals surface area (Å²) in [7, 11) is 0. The Bertz CT molecular complexity index is 1240. The Morgan fingerprint density at radius 3 is 2.40 bits per heavy atom. The molecule has 3 aromatic rings. The number of rotatable bonds is 8. The number of hydrogen-bond acceptors (Lipinski definition) is 3. The van der Waals surface area contributed by atoms with Crippen molar-refractivity contribution in [2.45, 2.75) is 50.5 Å². The second-order valence-corrected chi connectivity index (χ2v) is 11.2. The SMILES string of the molecule is CC(C)(CNC(=O)c1ccc(C2(CN3CCCC3)CC2)cc1)NC(=O)c1ccc2c(Cl)c[nH]c2c1. The van der Waals surface area contributed by atoms with Crippen molar-refractivity contribution in [1.29, 1.82) is 0 Å². The minimum atomic E-state index is -0.622. The number of carbonyl (C=O) groups is 2. The smallest absolute Gasteiger partial charge is 0.251 e. The number of H-pyrrole nitrogens is 1. The third-order valence-corrected chi connectivity index (χ3v) is 7.69. The second kappa shape index (κ2) is 9.32. The molecule has 184 valence electrons. The van der Waals surface area contributed by atoms with E-state index in [1.54, 1.807) is 18.3 Å². The molecule has 7 heteroatoms. The number of hydrogen-bond donors (Lipinski definition) is 3. The minimum absolute atomic E-state index is 0.134. The van der Waals surface area contributed by atoms with E-state index < -0.39 is 5.54 Å². The van der Waals surface area contributed by atoms with Gasteiger partial charge in [-0.05, 0) is 82.4 Å². The molecule has 2 aliphatic rings. The van der Waals surface area contributed by atoms with E-state index in [0.717, 1.165) is 17.4 Å². The first kappa shape index (κ1) is 23.9. The molecule has 35 heavy (non-hydrogen) atoms. The van der Waals surface area contributed by atoms with Gasteiger partial charge in [0.15, 0.2) is 0 Å². The molecule has 1 saturated carbocycles. The third-order valence-electron chi connectivity index (χ3n) is 7.37. The zero-order valence-electron chi connectivity index (χ0n) is 20.4. The van der Waals surface area contributed by atoms with E-state index in [4.69, 9.17) is 11.6 Å². The monoisotopic (exact) mass is 492 g/mol. The van der Waals surface area contributed by atoms with Crippen LogP contribution in [0, 0.1) is 0 Å². The highest BCUT2D eigenvalue weighted by molar-refractivity contribution is 6.35. The number of halogens is 1. The average molecular weight is 493 g/mol. The second-order valence-electron chi connectivity index (χ2n) is 10.8. The van der Waals surface area contributed by atoms with Gasteiger partial charge in [-0.2, -0.15) is 0 Å². The Hall–Kier alpha value is -2.83. The van der Waals surface area contributed by atoms with Gasteiger partial charge in [-0.1, -0.05) is 29.8 Å². The molecule has 2 heterocycles. The van der Waals surface area contributed by atoms with Crippen molar-refractivity contribution in [1.82, 2.24) is 20.5 Å². The van der Waals surface area contributed by atoms with Crippen molar-refractivity contribution >= 4 is 34.3 Å². The van der Waals surface area contributed by atoms with Crippen molar-refractivity contribution in [3.8, 4) is 0 Å². The molecule has 1 aliphatic carbocycles. The van der Waals surface area contributed by atoms with Gasteiger partial charge >= 0.3 is 0 Å². The van der Waals surface area contributed by atoms with Crippen LogP contribution in [0.3, 0.4) is 0 Å². The number of nitrogens with one attached hydrogen (secondary N) is 3. The van der Waals surface area contributed by atoms with Crippen molar-refractivity contribution in [3.63, 3.8) is 0 Å². The predicted molar refractivity (Wildman–Crippen MR) is 140 cm³/mol. The van der Waals surface area contributed by atoms with Gasteiger partial charge in [0.2, 0.25) is 0 Å². The van der Waals surface area contributed by atoms with Gasteiger partial charge in [0.1, 0.15) is 0 Å². The zero-order valence-corrected chi connectivity index (χ0v) is 21.2. The molecule has 2 aromatic carbocycles. The summed E-state index contributed by atoms with van der Waals surface area (Å²) in [4.78, 5) is 31.3. The Balaban J connectivity index is 1.16. The molecule has 5 rings (SSSR count). The van der Waals surface area contributed by atoms with E-state index in [-0.39, 0.29) is 17.2 Å². The zero-order chi connectivity index (χ0) is 24.6. The highest BCUT2D eigenvalue weighted by atomic mass is 35.5. The van der Waals surface area contributed by atoms with E-state index in [9.17, 15) is 9.59 Å². The highest BCUT2D eigenvalue weighted by Gasteiger charge is 2.45. The van der Waals surface area contributed by atoms with Crippen LogP contribution in [-0.2, 0) is 5.41 Å². The van der Waals surface area contributed by atoms with Crippen molar-refractivity contribution < 1.29 is 9.59 Å². The molecule has 0 unspecified atom stereocenters. The Labute approximate surface area is 211 Å². The lowest BCUT2D eigenvalue weighted by Gasteiger charge is -2.27. The van der Waals surface area contributed by atoms with Gasteiger partial charge in [-0.3, -0.25) is 9.59 Å². The van der Waals surface area contributed by atoms with Crippen LogP contribution in [-0.4, -0.2) is 53.4 Å². The van der Waals surface area contributed by atoms with E-state index in [1.807, 2.05) is 32.0 Å². The summed E-state index contributed by atoms with van der Waals surface area (Å²) in [5, 5.41) is 7.50. The van der Waals surface area contributed by atoms with Crippen LogP contribution in [0.5, 0.6) is 0 Å². The summed E-state index contributed by atoms with van der Waals surface area (Å²) in [5.74, 6) is -0.334. The summed E-state index contributed by atoms with van der Waals surface area (Å²) in [6.07, 6.45) is 6.78. The lowest BCUT2D eigenvalue weighted by Crippen LogP contribution is -2.51. The summed E-state index contributed by atoms with van der Waals surface area (Å²) in [5.41, 5.74) is 2.98. The summed E-state index contributed by atoms with van der Waals surface area (Å²) in [6, 6.07) is 13.5. The van der Waals surface area contributed by atoms with Crippen LogP contribution in [0.2, 0.25) is 5.02 Å². The first-order valence-electron chi connectivity index (χ1n) is 12.5. The standard InChI is InChI=1S/C28H33ClN4O2/c1-27(2,32-26(35)20-7-10-22-23(29)16-30-24(22)15-20)17-31-25(34)19-5-8-21(9-6-19)28(11-12-28)18-33-13-3-4-14-33/h5-10,15-16,30H,3-4,11-14,17-18H2,1-2H3,(H,31,34)(H,32,35). The highest BCUT2D eigenvalue weighted by Crippen LogP contribution is 2.49. The van der Waals surface area contributed by atoms with Crippen molar-refractivity contribution in [2.75, 3.05) is 26.2 Å². The quantitative estimate of drug-likeness (QED) is 0.419. The van der Waals surface area contributed by atoms with Crippen LogP contribution in [0.15, 0.2) is 48.7 Å². The molecule has 0 spiro atoms. The summed E-state index contributed by atoms with van der Waals surface area (Å²) < 4.78 is 0. The van der Waals surface area contributed by atoms with E-state index in [0.29, 0.717) is 22.7 Å². The molecule has 0 atom stereocenters. The Kier molecular flexibility index (Phi) is 6.36. The fraction of sp³-hybridized carbons (Fsp3) is 0.429. The maximum absolute atomic E-state index is 12.8. The fourth-order valence-electron chi connectivity index (χ4n) is 5.09. The van der Waals surface area contributed by atoms with Gasteiger partial charge in [0, 0.05) is 46.7 Å². The van der Waals surface area contributed by atoms with Crippen LogP contribution in [0.1, 0.15) is 65.8 Å². The van der Waals surface area contributed by atoms with Crippen molar-refractivity contribution in [3.05, 3.63) is 70.4 Å². The molecular formula is C28H33ClN4O2. The number of nitrogens with zero attached hydrogens (tertiary/aromatic N) is 1. The molecule has 0 radical (unpaired) electrons. The molecule has 6 nitrogen and oxygen atoms in total. The molecule has 0 bridgehead atoms. The Morgan fingerprint density at radius 2 is 1.71 bits per heavy atom. The number of likely N-dealkylation sites (tertiary alicyclic amines) is 1. The first-order chi connectivity index (χ1) is 16.7. The fourth-order valence-corrected chi connectivity index (χ4v) is 5.31. The predicted octanol–water partition coefficient (Wildman–Crippen LogP) is 4.89. The van der Waals surface area contributed by atoms with Gasteiger partial charge in [0.05, 0.1) is 10.6 Å². The van der Waals surface area contributed by atoms with Gasteiger partial charge in [-0.25, -0.2) is 0 Å². The van der Waals surface area contributed by atoms with Crippen molar-refractivity contribution in [2.24, 2.45) is 0 Å². The number of carbonyl (C=O) groups excluding carboxylic acids is 2. The van der Waals surface area contributed by atoms with Crippen LogP contribution in [0.4, 0.5) is 0 Å².